The highest BCUT2D eigenvalue weighted by atomic mass is 16.5. The maximum Gasteiger partial charge on any atom is 0.339 e. The Balaban J connectivity index is 1.66. The van der Waals surface area contributed by atoms with Crippen LogP contribution in [0.15, 0.2) is 33.4 Å². The van der Waals surface area contributed by atoms with E-state index >= 15 is 0 Å². The van der Waals surface area contributed by atoms with Crippen molar-refractivity contribution in [1.82, 2.24) is 15.5 Å². The molecule has 0 aliphatic heterocycles. The fourth-order valence-electron chi connectivity index (χ4n) is 2.63. The molecule has 134 valence electrons. The highest BCUT2D eigenvalue weighted by Gasteiger charge is 2.28. The summed E-state index contributed by atoms with van der Waals surface area (Å²) >= 11 is 0. The molecule has 0 bridgehead atoms. The largest absolute Gasteiger partial charge is 0.463 e. The normalized spacial score (nSPS) is 15.0. The lowest BCUT2D eigenvalue weighted by Gasteiger charge is -2.13. The molecule has 1 aliphatic rings. The van der Waals surface area contributed by atoms with Crippen LogP contribution in [0.25, 0.3) is 22.6 Å². The fraction of sp³-hybridized carbons (Fsp3) is 0.333. The monoisotopic (exact) mass is 355 g/mol. The summed E-state index contributed by atoms with van der Waals surface area (Å²) in [6, 6.07) is 5.19. The number of amides is 1. The number of nitrogens with one attached hydrogen (secondary N) is 1. The van der Waals surface area contributed by atoms with Crippen molar-refractivity contribution < 1.29 is 23.3 Å². The first-order valence-corrected chi connectivity index (χ1v) is 8.35. The van der Waals surface area contributed by atoms with Gasteiger partial charge in [0.1, 0.15) is 5.69 Å². The predicted molar refractivity (Wildman–Crippen MR) is 90.3 cm³/mol. The molecule has 1 amide bonds. The molecule has 3 aromatic rings. The Hall–Kier alpha value is -3.16. The minimum absolute atomic E-state index is 0.196. The Morgan fingerprint density at radius 2 is 2.19 bits per heavy atom. The average Bonchev–Trinajstić information content (AvgIpc) is 3.12. The minimum atomic E-state index is -0.904. The number of pyridine rings is 1. The van der Waals surface area contributed by atoms with Crippen molar-refractivity contribution in [2.24, 2.45) is 0 Å². The fourth-order valence-corrected chi connectivity index (χ4v) is 2.63. The van der Waals surface area contributed by atoms with Crippen molar-refractivity contribution in [3.05, 3.63) is 35.7 Å². The Labute approximate surface area is 148 Å². The molecule has 0 spiro atoms. The van der Waals surface area contributed by atoms with E-state index in [0.29, 0.717) is 22.5 Å². The van der Waals surface area contributed by atoms with Gasteiger partial charge in [-0.05, 0) is 44.9 Å². The second-order valence-corrected chi connectivity index (χ2v) is 6.31. The molecule has 1 unspecified atom stereocenters. The summed E-state index contributed by atoms with van der Waals surface area (Å²) < 4.78 is 15.9. The zero-order chi connectivity index (χ0) is 18.3. The molecule has 0 aromatic carbocycles. The molecule has 3 heterocycles. The van der Waals surface area contributed by atoms with E-state index in [0.717, 1.165) is 12.8 Å². The number of fused-ring (bicyclic) bond motifs is 1. The van der Waals surface area contributed by atoms with Gasteiger partial charge in [0, 0.05) is 6.04 Å². The number of aryl methyl sites for hydroxylation is 1. The Morgan fingerprint density at radius 1 is 1.38 bits per heavy atom. The zero-order valence-electron chi connectivity index (χ0n) is 14.3. The summed E-state index contributed by atoms with van der Waals surface area (Å²) in [6.07, 6.45) is 2.53. The topological polar surface area (TPSA) is 107 Å². The standard InChI is InChI=1S/C18H17N3O5/c1-9-15-12(18(23)25-10(2)16(22)19-11-5-6-11)8-13(14-4-3-7-24-14)20-17(15)26-21-9/h3-4,7-8,10-11H,5-6H2,1-2H3,(H,19,22). The molecule has 4 rings (SSSR count). The van der Waals surface area contributed by atoms with Crippen LogP contribution in [0.5, 0.6) is 0 Å². The van der Waals surface area contributed by atoms with Crippen LogP contribution in [-0.4, -0.2) is 34.2 Å². The van der Waals surface area contributed by atoms with Gasteiger partial charge in [-0.1, -0.05) is 5.16 Å². The third-order valence-electron chi connectivity index (χ3n) is 4.19. The first-order valence-electron chi connectivity index (χ1n) is 8.35. The Bertz CT molecular complexity index is 972. The number of nitrogens with zero attached hydrogens (tertiary/aromatic N) is 2. The summed E-state index contributed by atoms with van der Waals surface area (Å²) in [4.78, 5) is 29.1. The van der Waals surface area contributed by atoms with E-state index in [1.807, 2.05) is 0 Å². The van der Waals surface area contributed by atoms with E-state index < -0.39 is 12.1 Å². The number of aromatic nitrogens is 2. The zero-order valence-corrected chi connectivity index (χ0v) is 14.3. The van der Waals surface area contributed by atoms with Crippen LogP contribution >= 0.6 is 0 Å². The van der Waals surface area contributed by atoms with Gasteiger partial charge in [0.15, 0.2) is 11.9 Å². The second kappa shape index (κ2) is 6.29. The maximum atomic E-state index is 12.7. The second-order valence-electron chi connectivity index (χ2n) is 6.31. The molecule has 1 fully saturated rings. The number of carbonyl (C=O) groups excluding carboxylic acids is 2. The van der Waals surface area contributed by atoms with E-state index in [-0.39, 0.29) is 23.2 Å². The molecule has 8 nitrogen and oxygen atoms in total. The molecule has 8 heteroatoms. The van der Waals surface area contributed by atoms with Gasteiger partial charge < -0.3 is 19.0 Å². The number of furan rings is 1. The van der Waals surface area contributed by atoms with Gasteiger partial charge in [0.25, 0.3) is 11.6 Å². The number of hydrogen-bond donors (Lipinski definition) is 1. The molecular weight excluding hydrogens is 338 g/mol. The third-order valence-corrected chi connectivity index (χ3v) is 4.19. The number of hydrogen-bond acceptors (Lipinski definition) is 7. The van der Waals surface area contributed by atoms with Gasteiger partial charge in [-0.25, -0.2) is 9.78 Å². The van der Waals surface area contributed by atoms with Crippen molar-refractivity contribution in [2.45, 2.75) is 38.8 Å². The average molecular weight is 355 g/mol. The lowest BCUT2D eigenvalue weighted by atomic mass is 10.1. The summed E-state index contributed by atoms with van der Waals surface area (Å²) in [7, 11) is 0. The maximum absolute atomic E-state index is 12.7. The number of ether oxygens (including phenoxy) is 1. The summed E-state index contributed by atoms with van der Waals surface area (Å²) in [5, 5.41) is 7.14. The van der Waals surface area contributed by atoms with E-state index in [4.69, 9.17) is 13.7 Å². The van der Waals surface area contributed by atoms with Gasteiger partial charge in [0.2, 0.25) is 0 Å². The van der Waals surface area contributed by atoms with Crippen LogP contribution in [0.1, 0.15) is 35.8 Å². The van der Waals surface area contributed by atoms with Crippen LogP contribution < -0.4 is 5.32 Å². The SMILES string of the molecule is Cc1noc2nc(-c3ccco3)cc(C(=O)OC(C)C(=O)NC3CC3)c12. The van der Waals surface area contributed by atoms with Crippen molar-refractivity contribution in [2.75, 3.05) is 0 Å². The molecule has 1 N–H and O–H groups in total. The number of rotatable bonds is 5. The van der Waals surface area contributed by atoms with Crippen LogP contribution in [0, 0.1) is 6.92 Å². The Morgan fingerprint density at radius 3 is 2.88 bits per heavy atom. The predicted octanol–water partition coefficient (Wildman–Crippen LogP) is 2.62. The molecular formula is C18H17N3O5. The summed E-state index contributed by atoms with van der Waals surface area (Å²) in [5.74, 6) is -0.469. The van der Waals surface area contributed by atoms with Gasteiger partial charge in [-0.15, -0.1) is 0 Å². The van der Waals surface area contributed by atoms with Crippen molar-refractivity contribution >= 4 is 23.0 Å². The van der Waals surface area contributed by atoms with Crippen molar-refractivity contribution in [1.29, 1.82) is 0 Å². The van der Waals surface area contributed by atoms with Crippen LogP contribution in [0.2, 0.25) is 0 Å². The quantitative estimate of drug-likeness (QED) is 0.701. The van der Waals surface area contributed by atoms with Crippen LogP contribution in [0.4, 0.5) is 0 Å². The van der Waals surface area contributed by atoms with E-state index in [1.54, 1.807) is 32.0 Å². The van der Waals surface area contributed by atoms with E-state index in [9.17, 15) is 9.59 Å². The van der Waals surface area contributed by atoms with Gasteiger partial charge in [-0.2, -0.15) is 0 Å². The van der Waals surface area contributed by atoms with Gasteiger partial charge in [0.05, 0.1) is 22.9 Å². The lowest BCUT2D eigenvalue weighted by molar-refractivity contribution is -0.129. The first kappa shape index (κ1) is 16.3. The van der Waals surface area contributed by atoms with Crippen LogP contribution in [0.3, 0.4) is 0 Å². The summed E-state index contributed by atoms with van der Waals surface area (Å²) in [6.45, 7) is 3.25. The van der Waals surface area contributed by atoms with E-state index in [2.05, 4.69) is 15.5 Å². The molecule has 0 radical (unpaired) electrons. The smallest absolute Gasteiger partial charge is 0.339 e. The van der Waals surface area contributed by atoms with E-state index in [1.165, 1.54) is 6.26 Å². The van der Waals surface area contributed by atoms with Gasteiger partial charge in [-0.3, -0.25) is 4.79 Å². The Kier molecular flexibility index (Phi) is 3.95. The number of esters is 1. The van der Waals surface area contributed by atoms with Crippen molar-refractivity contribution in [3.8, 4) is 11.5 Å². The molecule has 1 saturated carbocycles. The molecule has 1 atom stereocenters. The molecule has 1 aliphatic carbocycles. The third kappa shape index (κ3) is 3.05. The molecule has 0 saturated heterocycles. The molecule has 26 heavy (non-hydrogen) atoms. The first-order chi connectivity index (χ1) is 12.5. The van der Waals surface area contributed by atoms with Gasteiger partial charge >= 0.3 is 5.97 Å². The lowest BCUT2D eigenvalue weighted by Crippen LogP contribution is -2.37. The highest BCUT2D eigenvalue weighted by Crippen LogP contribution is 2.28. The molecule has 3 aromatic heterocycles. The summed E-state index contributed by atoms with van der Waals surface area (Å²) in [5.41, 5.74) is 1.37. The van der Waals surface area contributed by atoms with Crippen molar-refractivity contribution in [3.63, 3.8) is 0 Å². The number of carbonyl (C=O) groups is 2. The van der Waals surface area contributed by atoms with Crippen LogP contribution in [-0.2, 0) is 9.53 Å². The minimum Gasteiger partial charge on any atom is -0.463 e. The highest BCUT2D eigenvalue weighted by molar-refractivity contribution is 6.04.